The smallest absolute Gasteiger partial charge is 0.183 e. The van der Waals surface area contributed by atoms with E-state index >= 15 is 0 Å². The lowest BCUT2D eigenvalue weighted by Crippen LogP contribution is -2.29. The average Bonchev–Trinajstić information content (AvgIpc) is 2.46. The Balaban J connectivity index is 2.56. The Bertz CT molecular complexity index is 260. The third-order valence-corrected chi connectivity index (χ3v) is 2.82. The van der Waals surface area contributed by atoms with E-state index in [4.69, 9.17) is 5.11 Å². The summed E-state index contributed by atoms with van der Waals surface area (Å²) in [7, 11) is 0. The van der Waals surface area contributed by atoms with Crippen LogP contribution in [0.15, 0.2) is 5.38 Å². The zero-order chi connectivity index (χ0) is 9.84. The van der Waals surface area contributed by atoms with Crippen LogP contribution in [0.4, 0.5) is 5.13 Å². The summed E-state index contributed by atoms with van der Waals surface area (Å²) in [5, 5.41) is 15.2. The van der Waals surface area contributed by atoms with Crippen LogP contribution in [0.2, 0.25) is 0 Å². The second-order valence-corrected chi connectivity index (χ2v) is 4.33. The molecule has 2 N–H and O–H groups in total. The van der Waals surface area contributed by atoms with Crippen LogP contribution in [0.25, 0.3) is 0 Å². The monoisotopic (exact) mass is 200 g/mol. The molecule has 1 unspecified atom stereocenters. The first-order valence-electron chi connectivity index (χ1n) is 4.43. The molecule has 0 saturated carbocycles. The first-order chi connectivity index (χ1) is 6.13. The van der Waals surface area contributed by atoms with Crippen LogP contribution in [0.3, 0.4) is 0 Å². The Labute approximate surface area is 82.8 Å². The first kappa shape index (κ1) is 10.5. The number of aliphatic hydroxyl groups excluding tert-OH is 1. The third kappa shape index (κ3) is 2.97. The van der Waals surface area contributed by atoms with Crippen LogP contribution >= 0.6 is 11.3 Å². The van der Waals surface area contributed by atoms with Gasteiger partial charge in [-0.2, -0.15) is 0 Å². The zero-order valence-corrected chi connectivity index (χ0v) is 9.06. The molecule has 0 radical (unpaired) electrons. The highest BCUT2D eigenvalue weighted by Gasteiger charge is 2.12. The van der Waals surface area contributed by atoms with Gasteiger partial charge in [-0.05, 0) is 12.8 Å². The summed E-state index contributed by atoms with van der Waals surface area (Å²) in [4.78, 5) is 4.28. The van der Waals surface area contributed by atoms with Crippen molar-refractivity contribution in [3.63, 3.8) is 0 Å². The molecular formula is C9H16N2OS. The highest BCUT2D eigenvalue weighted by atomic mass is 32.1. The number of aliphatic hydroxyl groups is 1. The summed E-state index contributed by atoms with van der Waals surface area (Å²) in [6.07, 6.45) is 0. The second-order valence-electron chi connectivity index (χ2n) is 3.47. The SMILES string of the molecule is Cc1csc(NC(CO)C(C)C)n1. The maximum Gasteiger partial charge on any atom is 0.183 e. The fourth-order valence-electron chi connectivity index (χ4n) is 1.00. The van der Waals surface area contributed by atoms with Crippen LogP contribution in [0.5, 0.6) is 0 Å². The van der Waals surface area contributed by atoms with Crippen molar-refractivity contribution in [3.05, 3.63) is 11.1 Å². The van der Waals surface area contributed by atoms with Crippen LogP contribution in [-0.4, -0.2) is 22.7 Å². The van der Waals surface area contributed by atoms with E-state index in [0.29, 0.717) is 5.92 Å². The molecular weight excluding hydrogens is 184 g/mol. The van der Waals surface area contributed by atoms with Crippen molar-refractivity contribution in [2.45, 2.75) is 26.8 Å². The normalized spacial score (nSPS) is 13.3. The van der Waals surface area contributed by atoms with Gasteiger partial charge in [-0.3, -0.25) is 0 Å². The molecule has 1 rings (SSSR count). The Morgan fingerprint density at radius 1 is 1.62 bits per heavy atom. The summed E-state index contributed by atoms with van der Waals surface area (Å²) < 4.78 is 0. The molecule has 0 aliphatic rings. The van der Waals surface area contributed by atoms with Gasteiger partial charge < -0.3 is 10.4 Å². The van der Waals surface area contributed by atoms with E-state index in [9.17, 15) is 0 Å². The van der Waals surface area contributed by atoms with Crippen LogP contribution < -0.4 is 5.32 Å². The van der Waals surface area contributed by atoms with E-state index in [2.05, 4.69) is 24.1 Å². The second kappa shape index (κ2) is 4.58. The largest absolute Gasteiger partial charge is 0.394 e. The fourth-order valence-corrected chi connectivity index (χ4v) is 1.75. The predicted molar refractivity (Wildman–Crippen MR) is 56.2 cm³/mol. The molecule has 0 aliphatic heterocycles. The molecule has 1 heterocycles. The van der Waals surface area contributed by atoms with E-state index < -0.39 is 0 Å². The molecule has 3 nitrogen and oxygen atoms in total. The van der Waals surface area contributed by atoms with Crippen LogP contribution in [0, 0.1) is 12.8 Å². The molecule has 0 fully saturated rings. The molecule has 0 bridgehead atoms. The Kier molecular flexibility index (Phi) is 3.69. The van der Waals surface area contributed by atoms with Crippen molar-refractivity contribution in [2.24, 2.45) is 5.92 Å². The number of aromatic nitrogens is 1. The number of hydrogen-bond acceptors (Lipinski definition) is 4. The van der Waals surface area contributed by atoms with Crippen LogP contribution in [-0.2, 0) is 0 Å². The van der Waals surface area contributed by atoms with Gasteiger partial charge >= 0.3 is 0 Å². The standard InChI is InChI=1S/C9H16N2OS/c1-6(2)8(4-12)11-9-10-7(3)5-13-9/h5-6,8,12H,4H2,1-3H3,(H,10,11). The number of nitrogens with zero attached hydrogens (tertiary/aromatic N) is 1. The molecule has 4 heteroatoms. The first-order valence-corrected chi connectivity index (χ1v) is 5.31. The highest BCUT2D eigenvalue weighted by molar-refractivity contribution is 7.13. The number of nitrogens with one attached hydrogen (secondary N) is 1. The maximum atomic E-state index is 9.08. The average molecular weight is 200 g/mol. The summed E-state index contributed by atoms with van der Waals surface area (Å²) in [6, 6.07) is 0.102. The number of anilines is 1. The molecule has 0 saturated heterocycles. The summed E-state index contributed by atoms with van der Waals surface area (Å²) >= 11 is 1.58. The summed E-state index contributed by atoms with van der Waals surface area (Å²) in [6.45, 7) is 6.27. The van der Waals surface area contributed by atoms with E-state index in [0.717, 1.165) is 10.8 Å². The van der Waals surface area contributed by atoms with Crippen molar-refractivity contribution in [1.82, 2.24) is 4.98 Å². The summed E-state index contributed by atoms with van der Waals surface area (Å²) in [5.41, 5.74) is 1.02. The molecule has 13 heavy (non-hydrogen) atoms. The van der Waals surface area contributed by atoms with Gasteiger partial charge in [0.15, 0.2) is 5.13 Å². The van der Waals surface area contributed by atoms with Gasteiger partial charge in [-0.25, -0.2) is 4.98 Å². The van der Waals surface area contributed by atoms with E-state index in [-0.39, 0.29) is 12.6 Å². The zero-order valence-electron chi connectivity index (χ0n) is 8.24. The van der Waals surface area contributed by atoms with Gasteiger partial charge in [0.1, 0.15) is 0 Å². The molecule has 1 aromatic heterocycles. The third-order valence-electron chi connectivity index (χ3n) is 1.93. The van der Waals surface area contributed by atoms with E-state index in [1.807, 2.05) is 12.3 Å². The highest BCUT2D eigenvalue weighted by Crippen LogP contribution is 2.17. The van der Waals surface area contributed by atoms with Crippen molar-refractivity contribution in [1.29, 1.82) is 0 Å². The van der Waals surface area contributed by atoms with Crippen molar-refractivity contribution < 1.29 is 5.11 Å². The number of rotatable bonds is 4. The fraction of sp³-hybridized carbons (Fsp3) is 0.667. The van der Waals surface area contributed by atoms with E-state index in [1.54, 1.807) is 11.3 Å². The van der Waals surface area contributed by atoms with Crippen molar-refractivity contribution in [3.8, 4) is 0 Å². The lowest BCUT2D eigenvalue weighted by molar-refractivity contribution is 0.249. The lowest BCUT2D eigenvalue weighted by atomic mass is 10.1. The van der Waals surface area contributed by atoms with Crippen molar-refractivity contribution in [2.75, 3.05) is 11.9 Å². The Hall–Kier alpha value is -0.610. The van der Waals surface area contributed by atoms with Gasteiger partial charge in [-0.15, -0.1) is 11.3 Å². The van der Waals surface area contributed by atoms with Gasteiger partial charge in [0.05, 0.1) is 18.3 Å². The minimum Gasteiger partial charge on any atom is -0.394 e. The minimum absolute atomic E-state index is 0.102. The van der Waals surface area contributed by atoms with Gasteiger partial charge in [0.25, 0.3) is 0 Å². The predicted octanol–water partition coefficient (Wildman–Crippen LogP) is 1.88. The number of hydrogen-bond donors (Lipinski definition) is 2. The molecule has 0 amide bonds. The van der Waals surface area contributed by atoms with Crippen LogP contribution in [0.1, 0.15) is 19.5 Å². The lowest BCUT2D eigenvalue weighted by Gasteiger charge is -2.18. The van der Waals surface area contributed by atoms with E-state index in [1.165, 1.54) is 0 Å². The number of aryl methyl sites for hydroxylation is 1. The quantitative estimate of drug-likeness (QED) is 0.780. The van der Waals surface area contributed by atoms with Gasteiger partial charge in [0.2, 0.25) is 0 Å². The van der Waals surface area contributed by atoms with Gasteiger partial charge in [-0.1, -0.05) is 13.8 Å². The topological polar surface area (TPSA) is 45.1 Å². The minimum atomic E-state index is 0.102. The summed E-state index contributed by atoms with van der Waals surface area (Å²) in [5.74, 6) is 0.411. The molecule has 0 spiro atoms. The molecule has 74 valence electrons. The Morgan fingerprint density at radius 2 is 2.31 bits per heavy atom. The maximum absolute atomic E-state index is 9.08. The Morgan fingerprint density at radius 3 is 2.69 bits per heavy atom. The number of thiazole rings is 1. The van der Waals surface area contributed by atoms with Gasteiger partial charge in [0, 0.05) is 5.38 Å². The molecule has 1 atom stereocenters. The van der Waals surface area contributed by atoms with Crippen molar-refractivity contribution >= 4 is 16.5 Å². The molecule has 0 aromatic carbocycles. The molecule has 1 aromatic rings. The molecule has 0 aliphatic carbocycles.